The molecular formula is C26H34N2O2S2. The standard InChI is InChI=1S/C26H34N2O2S2/c1-7-26(8-2,24(29)30-6)16-22-23(32-25(3,4)5)20-15-19(12-13-21(20)28-22)31-17-18-11-9-10-14-27-18/h9-15,28H,7-8,16-17H2,1-6H3. The highest BCUT2D eigenvalue weighted by Crippen LogP contribution is 2.43. The smallest absolute Gasteiger partial charge is 0.312 e. The number of nitrogens with one attached hydrogen (secondary N) is 1. The van der Waals surface area contributed by atoms with Crippen molar-refractivity contribution < 1.29 is 9.53 Å². The van der Waals surface area contributed by atoms with Crippen LogP contribution in [-0.4, -0.2) is 27.8 Å². The van der Waals surface area contributed by atoms with Crippen LogP contribution in [0.4, 0.5) is 0 Å². The molecule has 0 fully saturated rings. The second-order valence-corrected chi connectivity index (χ2v) is 12.0. The van der Waals surface area contributed by atoms with Crippen LogP contribution in [0.5, 0.6) is 0 Å². The van der Waals surface area contributed by atoms with Crippen molar-refractivity contribution in [3.8, 4) is 0 Å². The van der Waals surface area contributed by atoms with Gasteiger partial charge in [0.15, 0.2) is 0 Å². The van der Waals surface area contributed by atoms with Crippen molar-refractivity contribution in [2.45, 2.75) is 74.2 Å². The minimum atomic E-state index is -0.515. The van der Waals surface area contributed by atoms with Crippen molar-refractivity contribution in [1.29, 1.82) is 0 Å². The minimum Gasteiger partial charge on any atom is -0.469 e. The van der Waals surface area contributed by atoms with E-state index in [1.54, 1.807) is 11.8 Å². The van der Waals surface area contributed by atoms with E-state index in [-0.39, 0.29) is 10.7 Å². The van der Waals surface area contributed by atoms with E-state index in [9.17, 15) is 4.79 Å². The van der Waals surface area contributed by atoms with Gasteiger partial charge in [-0.25, -0.2) is 0 Å². The molecule has 0 amide bonds. The van der Waals surface area contributed by atoms with Gasteiger partial charge in [0.25, 0.3) is 0 Å². The van der Waals surface area contributed by atoms with Crippen LogP contribution in [-0.2, 0) is 21.7 Å². The largest absolute Gasteiger partial charge is 0.469 e. The second kappa shape index (κ2) is 10.3. The monoisotopic (exact) mass is 470 g/mol. The van der Waals surface area contributed by atoms with E-state index in [0.29, 0.717) is 6.42 Å². The van der Waals surface area contributed by atoms with Crippen LogP contribution in [0, 0.1) is 5.41 Å². The highest BCUT2D eigenvalue weighted by atomic mass is 32.2. The Hall–Kier alpha value is -1.92. The highest BCUT2D eigenvalue weighted by Gasteiger charge is 2.38. The summed E-state index contributed by atoms with van der Waals surface area (Å²) >= 11 is 3.66. The number of fused-ring (bicyclic) bond motifs is 1. The van der Waals surface area contributed by atoms with Gasteiger partial charge in [-0.3, -0.25) is 9.78 Å². The van der Waals surface area contributed by atoms with Gasteiger partial charge < -0.3 is 9.72 Å². The van der Waals surface area contributed by atoms with Gasteiger partial charge in [0, 0.05) is 49.5 Å². The summed E-state index contributed by atoms with van der Waals surface area (Å²) in [6, 6.07) is 12.6. The van der Waals surface area contributed by atoms with Crippen molar-refractivity contribution in [1.82, 2.24) is 9.97 Å². The number of methoxy groups -OCH3 is 1. The van der Waals surface area contributed by atoms with E-state index in [0.717, 1.165) is 35.5 Å². The zero-order valence-electron chi connectivity index (χ0n) is 20.0. The van der Waals surface area contributed by atoms with Gasteiger partial charge >= 0.3 is 5.97 Å². The third kappa shape index (κ3) is 5.70. The number of nitrogens with zero attached hydrogens (tertiary/aromatic N) is 1. The zero-order valence-corrected chi connectivity index (χ0v) is 21.6. The normalized spacial score (nSPS) is 12.3. The summed E-state index contributed by atoms with van der Waals surface area (Å²) in [5.74, 6) is 0.710. The first kappa shape index (κ1) is 24.7. The fourth-order valence-electron chi connectivity index (χ4n) is 3.90. The summed E-state index contributed by atoms with van der Waals surface area (Å²) in [5.41, 5.74) is 2.80. The third-order valence-electron chi connectivity index (χ3n) is 5.80. The van der Waals surface area contributed by atoms with E-state index in [2.05, 4.69) is 68.9 Å². The van der Waals surface area contributed by atoms with Gasteiger partial charge in [0.05, 0.1) is 18.2 Å². The number of benzene rings is 1. The van der Waals surface area contributed by atoms with Crippen LogP contribution >= 0.6 is 23.5 Å². The second-order valence-electron chi connectivity index (χ2n) is 9.12. The van der Waals surface area contributed by atoms with Crippen LogP contribution < -0.4 is 0 Å². The van der Waals surface area contributed by atoms with Crippen LogP contribution in [0.2, 0.25) is 0 Å². The van der Waals surface area contributed by atoms with Crippen molar-refractivity contribution in [2.75, 3.05) is 7.11 Å². The molecular weight excluding hydrogens is 436 g/mol. The molecule has 0 aliphatic rings. The first-order valence-electron chi connectivity index (χ1n) is 11.2. The molecule has 1 aromatic carbocycles. The van der Waals surface area contributed by atoms with E-state index in [1.165, 1.54) is 22.3 Å². The Morgan fingerprint density at radius 1 is 1.12 bits per heavy atom. The average Bonchev–Trinajstić information content (AvgIpc) is 3.11. The van der Waals surface area contributed by atoms with Gasteiger partial charge in [-0.05, 0) is 43.2 Å². The Bertz CT molecular complexity index is 1050. The maximum absolute atomic E-state index is 12.7. The molecule has 0 radical (unpaired) electrons. The highest BCUT2D eigenvalue weighted by molar-refractivity contribution is 8.01. The van der Waals surface area contributed by atoms with Gasteiger partial charge in [0.2, 0.25) is 0 Å². The van der Waals surface area contributed by atoms with E-state index in [1.807, 2.05) is 30.1 Å². The van der Waals surface area contributed by atoms with Gasteiger partial charge in [-0.1, -0.05) is 40.7 Å². The number of carbonyl (C=O) groups excluding carboxylic acids is 1. The van der Waals surface area contributed by atoms with Crippen molar-refractivity contribution >= 4 is 40.4 Å². The summed E-state index contributed by atoms with van der Waals surface area (Å²) < 4.78 is 5.26. The predicted octanol–water partition coefficient (Wildman–Crippen LogP) is 7.27. The summed E-state index contributed by atoms with van der Waals surface area (Å²) in [5, 5.41) is 1.22. The molecule has 2 heterocycles. The molecule has 0 atom stereocenters. The number of ether oxygens (including phenoxy) is 1. The molecule has 0 unspecified atom stereocenters. The summed E-state index contributed by atoms with van der Waals surface area (Å²) in [6.07, 6.45) is 3.98. The summed E-state index contributed by atoms with van der Waals surface area (Å²) in [7, 11) is 1.49. The van der Waals surface area contributed by atoms with E-state index in [4.69, 9.17) is 4.74 Å². The molecule has 0 aliphatic heterocycles. The van der Waals surface area contributed by atoms with E-state index >= 15 is 0 Å². The fourth-order valence-corrected chi connectivity index (χ4v) is 5.88. The molecule has 3 aromatic rings. The quantitative estimate of drug-likeness (QED) is 0.263. The van der Waals surface area contributed by atoms with Crippen LogP contribution in [0.15, 0.2) is 52.4 Å². The van der Waals surface area contributed by atoms with E-state index < -0.39 is 5.41 Å². The molecule has 172 valence electrons. The number of thioether (sulfide) groups is 2. The van der Waals surface area contributed by atoms with Gasteiger partial charge in [0.1, 0.15) is 0 Å². The number of hydrogen-bond donors (Lipinski definition) is 1. The molecule has 0 saturated carbocycles. The Kier molecular flexibility index (Phi) is 7.99. The number of aromatic amines is 1. The summed E-state index contributed by atoms with van der Waals surface area (Å²) in [6.45, 7) is 10.8. The molecule has 3 rings (SSSR count). The molecule has 1 N–H and O–H groups in total. The number of H-pyrrole nitrogens is 1. The lowest BCUT2D eigenvalue weighted by Crippen LogP contribution is -2.33. The number of rotatable bonds is 9. The van der Waals surface area contributed by atoms with Crippen LogP contribution in [0.1, 0.15) is 58.8 Å². The maximum Gasteiger partial charge on any atom is 0.312 e. The zero-order chi connectivity index (χ0) is 23.4. The van der Waals surface area contributed by atoms with Crippen LogP contribution in [0.3, 0.4) is 0 Å². The molecule has 32 heavy (non-hydrogen) atoms. The Morgan fingerprint density at radius 3 is 2.47 bits per heavy atom. The first-order valence-corrected chi connectivity index (χ1v) is 13.0. The Morgan fingerprint density at radius 2 is 1.88 bits per heavy atom. The predicted molar refractivity (Wildman–Crippen MR) is 136 cm³/mol. The molecule has 6 heteroatoms. The lowest BCUT2D eigenvalue weighted by atomic mass is 9.78. The Labute approximate surface area is 200 Å². The SMILES string of the molecule is CCC(CC)(Cc1[nH]c2ccc(SCc3ccccn3)cc2c1SC(C)(C)C)C(=O)OC. The average molecular weight is 471 g/mol. The lowest BCUT2D eigenvalue weighted by molar-refractivity contribution is -0.153. The molecule has 0 aliphatic carbocycles. The minimum absolute atomic E-state index is 0.0489. The summed E-state index contributed by atoms with van der Waals surface area (Å²) in [4.78, 5) is 23.3. The number of aromatic nitrogens is 2. The van der Waals surface area contributed by atoms with Gasteiger partial charge in [-0.15, -0.1) is 23.5 Å². The lowest BCUT2D eigenvalue weighted by Gasteiger charge is -2.29. The molecule has 2 aromatic heterocycles. The number of pyridine rings is 1. The molecule has 4 nitrogen and oxygen atoms in total. The first-order chi connectivity index (χ1) is 15.2. The molecule has 0 spiro atoms. The fraction of sp³-hybridized carbons (Fsp3) is 0.462. The third-order valence-corrected chi connectivity index (χ3v) is 8.11. The topological polar surface area (TPSA) is 55.0 Å². The maximum atomic E-state index is 12.7. The number of carbonyl (C=O) groups is 1. The number of hydrogen-bond acceptors (Lipinski definition) is 5. The van der Waals surface area contributed by atoms with Crippen molar-refractivity contribution in [2.24, 2.45) is 5.41 Å². The molecule has 0 bridgehead atoms. The van der Waals surface area contributed by atoms with Crippen LogP contribution in [0.25, 0.3) is 10.9 Å². The molecule has 0 saturated heterocycles. The number of esters is 1. The van der Waals surface area contributed by atoms with Crippen molar-refractivity contribution in [3.05, 3.63) is 54.0 Å². The van der Waals surface area contributed by atoms with Gasteiger partial charge in [-0.2, -0.15) is 0 Å². The van der Waals surface area contributed by atoms with Crippen molar-refractivity contribution in [3.63, 3.8) is 0 Å². The Balaban J connectivity index is 2.00.